The molecule has 0 unspecified atom stereocenters. The van der Waals surface area contributed by atoms with E-state index in [1.54, 1.807) is 0 Å². The lowest BCUT2D eigenvalue weighted by molar-refractivity contribution is 0.196. The van der Waals surface area contributed by atoms with Gasteiger partial charge in [0.1, 0.15) is 0 Å². The molecule has 0 aliphatic rings. The fourth-order valence-electron chi connectivity index (χ4n) is 2.15. The highest BCUT2D eigenvalue weighted by Gasteiger charge is 2.13. The van der Waals surface area contributed by atoms with Crippen LogP contribution in [0.15, 0.2) is 0 Å². The van der Waals surface area contributed by atoms with E-state index in [1.807, 2.05) is 41.2 Å². The minimum Gasteiger partial charge on any atom is -0.397 e. The molecule has 0 atom stereocenters. The zero-order valence-electron chi connectivity index (χ0n) is 18.3. The molecule has 0 fully saturated rings. The first-order valence-corrected chi connectivity index (χ1v) is 19.5. The third-order valence-electron chi connectivity index (χ3n) is 3.49. The molecule has 0 bridgehead atoms. The summed E-state index contributed by atoms with van der Waals surface area (Å²) >= 11 is 0. The van der Waals surface area contributed by atoms with E-state index in [0.717, 1.165) is 64.2 Å². The van der Waals surface area contributed by atoms with Crippen LogP contribution in [0.1, 0.15) is 66.2 Å². The van der Waals surface area contributed by atoms with Gasteiger partial charge in [0, 0.05) is 37.9 Å². The monoisotopic (exact) mass is 506 g/mol. The number of hydrogen-bond acceptors (Lipinski definition) is 8. The summed E-state index contributed by atoms with van der Waals surface area (Å²) in [6, 6.07) is 2.26. The van der Waals surface area contributed by atoms with E-state index in [1.165, 1.54) is 24.3 Å². The Morgan fingerprint density at radius 3 is 1.14 bits per heavy atom. The van der Waals surface area contributed by atoms with Crippen molar-refractivity contribution in [2.45, 2.75) is 78.3 Å². The second-order valence-electron chi connectivity index (χ2n) is 6.41. The molecule has 4 nitrogen and oxygen atoms in total. The van der Waals surface area contributed by atoms with Crippen molar-refractivity contribution in [3.05, 3.63) is 0 Å². The Bertz CT molecular complexity index is 267. The zero-order chi connectivity index (χ0) is 20.7. The van der Waals surface area contributed by atoms with Crippen LogP contribution in [0.5, 0.6) is 0 Å². The molecule has 170 valence electrons. The summed E-state index contributed by atoms with van der Waals surface area (Å²) < 4.78 is 23.6. The van der Waals surface area contributed by atoms with E-state index in [4.69, 9.17) is 17.7 Å². The van der Waals surface area contributed by atoms with Crippen LogP contribution in [0.3, 0.4) is 0 Å². The highest BCUT2D eigenvalue weighted by molar-refractivity contribution is 9.26. The van der Waals surface area contributed by atoms with Crippen LogP contribution < -0.4 is 0 Å². The van der Waals surface area contributed by atoms with Crippen LogP contribution in [0, 0.1) is 0 Å². The minimum absolute atomic E-state index is 0.853. The SMILES string of the molecule is CCCO[SiH](CCCSSSSCCC[SiH](OCCC)OCCC)OCCC. The third-order valence-corrected chi connectivity index (χ3v) is 14.3. The summed E-state index contributed by atoms with van der Waals surface area (Å²) in [6.45, 7) is 12.0. The molecule has 0 N–H and O–H groups in total. The summed E-state index contributed by atoms with van der Waals surface area (Å²) in [5.41, 5.74) is 0. The van der Waals surface area contributed by atoms with Gasteiger partial charge < -0.3 is 17.7 Å². The summed E-state index contributed by atoms with van der Waals surface area (Å²) in [5, 5.41) is 0. The lowest BCUT2D eigenvalue weighted by Crippen LogP contribution is -2.23. The molecule has 0 saturated carbocycles. The molecule has 0 spiro atoms. The van der Waals surface area contributed by atoms with Crippen molar-refractivity contribution in [2.75, 3.05) is 37.9 Å². The van der Waals surface area contributed by atoms with Crippen molar-refractivity contribution in [1.29, 1.82) is 0 Å². The molecule has 0 aromatic carbocycles. The van der Waals surface area contributed by atoms with Gasteiger partial charge in [0.25, 0.3) is 0 Å². The Hall–Kier alpha value is 1.67. The van der Waals surface area contributed by atoms with Crippen molar-refractivity contribution >= 4 is 59.8 Å². The molecule has 0 aliphatic carbocycles. The number of rotatable bonds is 23. The molecule has 0 aromatic rings. The van der Waals surface area contributed by atoms with Crippen molar-refractivity contribution in [3.63, 3.8) is 0 Å². The summed E-state index contributed by atoms with van der Waals surface area (Å²) in [7, 11) is 4.88. The van der Waals surface area contributed by atoms with E-state index in [0.29, 0.717) is 0 Å². The Kier molecular flexibility index (Phi) is 26.4. The molecule has 0 radical (unpaired) electrons. The van der Waals surface area contributed by atoms with Gasteiger partial charge in [-0.15, -0.1) is 0 Å². The van der Waals surface area contributed by atoms with Gasteiger partial charge >= 0.3 is 18.6 Å². The van der Waals surface area contributed by atoms with E-state index < -0.39 is 18.6 Å². The fraction of sp³-hybridized carbons (Fsp3) is 1.00. The Balaban J connectivity index is 3.55. The zero-order valence-corrected chi connectivity index (χ0v) is 23.9. The van der Waals surface area contributed by atoms with Gasteiger partial charge in [-0.3, -0.25) is 0 Å². The summed E-state index contributed by atoms with van der Waals surface area (Å²) in [6.07, 6.45) is 6.71. The Morgan fingerprint density at radius 2 is 0.857 bits per heavy atom. The quantitative estimate of drug-likeness (QED) is 0.0872. The van der Waals surface area contributed by atoms with Gasteiger partial charge in [0.2, 0.25) is 0 Å². The Labute approximate surface area is 193 Å². The van der Waals surface area contributed by atoms with E-state index in [9.17, 15) is 0 Å². The predicted octanol–water partition coefficient (Wildman–Crippen LogP) is 6.59. The molecule has 28 heavy (non-hydrogen) atoms. The van der Waals surface area contributed by atoms with Crippen LogP contribution in [-0.2, 0) is 17.7 Å². The lowest BCUT2D eigenvalue weighted by atomic mass is 10.5. The van der Waals surface area contributed by atoms with Gasteiger partial charge in [-0.1, -0.05) is 49.3 Å². The third kappa shape index (κ3) is 20.9. The van der Waals surface area contributed by atoms with Crippen molar-refractivity contribution in [3.8, 4) is 0 Å². The molecule has 10 heteroatoms. The smallest absolute Gasteiger partial charge is 0.321 e. The highest BCUT2D eigenvalue weighted by Crippen LogP contribution is 2.43. The molecule has 0 saturated heterocycles. The van der Waals surface area contributed by atoms with Crippen molar-refractivity contribution in [1.82, 2.24) is 0 Å². The largest absolute Gasteiger partial charge is 0.397 e. The maximum atomic E-state index is 5.91. The van der Waals surface area contributed by atoms with Crippen molar-refractivity contribution in [2.24, 2.45) is 0 Å². The average Bonchev–Trinajstić information content (AvgIpc) is 2.72. The van der Waals surface area contributed by atoms with Gasteiger partial charge in [0.05, 0.1) is 0 Å². The lowest BCUT2D eigenvalue weighted by Gasteiger charge is -2.16. The Morgan fingerprint density at radius 1 is 0.536 bits per heavy atom. The minimum atomic E-state index is -1.43. The normalized spacial score (nSPS) is 11.8. The molecule has 0 amide bonds. The second kappa shape index (κ2) is 24.9. The molecule has 0 aliphatic heterocycles. The maximum absolute atomic E-state index is 5.91. The number of hydrogen-bond donors (Lipinski definition) is 0. The fourth-order valence-corrected chi connectivity index (χ4v) is 12.9. The maximum Gasteiger partial charge on any atom is 0.321 e. The van der Waals surface area contributed by atoms with Crippen LogP contribution in [-0.4, -0.2) is 56.5 Å². The van der Waals surface area contributed by atoms with Gasteiger partial charge in [-0.05, 0) is 70.3 Å². The van der Waals surface area contributed by atoms with Crippen LogP contribution in [0.2, 0.25) is 12.1 Å². The molecule has 0 aromatic heterocycles. The molecule has 0 heterocycles. The second-order valence-corrected chi connectivity index (χ2v) is 16.9. The first-order valence-electron chi connectivity index (χ1n) is 10.8. The van der Waals surface area contributed by atoms with E-state index in [2.05, 4.69) is 27.7 Å². The van der Waals surface area contributed by atoms with E-state index >= 15 is 0 Å². The van der Waals surface area contributed by atoms with Gasteiger partial charge in [-0.25, -0.2) is 0 Å². The summed E-state index contributed by atoms with van der Waals surface area (Å²) in [5.74, 6) is 2.36. The topological polar surface area (TPSA) is 36.9 Å². The van der Waals surface area contributed by atoms with Crippen LogP contribution >= 0.6 is 41.2 Å². The standard InChI is InChI=1S/C18H42O4S4Si2/c1-5-11-19-27(20-12-6-2)17-9-15-23-25-26-24-16-10-18-28(21-13-7-3)22-14-8-4/h27-28H,5-18H2,1-4H3. The van der Waals surface area contributed by atoms with Crippen LogP contribution in [0.4, 0.5) is 0 Å². The molecule has 0 rings (SSSR count). The first kappa shape index (κ1) is 29.7. The highest BCUT2D eigenvalue weighted by atomic mass is 33.7. The molecular formula is C18H42O4S4Si2. The van der Waals surface area contributed by atoms with Gasteiger partial charge in [-0.2, -0.15) is 0 Å². The van der Waals surface area contributed by atoms with Gasteiger partial charge in [0.15, 0.2) is 0 Å². The van der Waals surface area contributed by atoms with Crippen molar-refractivity contribution < 1.29 is 17.7 Å². The molecular weight excluding hydrogens is 465 g/mol. The predicted molar refractivity (Wildman–Crippen MR) is 138 cm³/mol. The average molecular weight is 507 g/mol. The van der Waals surface area contributed by atoms with E-state index in [-0.39, 0.29) is 0 Å². The first-order chi connectivity index (χ1) is 13.8. The summed E-state index contributed by atoms with van der Waals surface area (Å²) in [4.78, 5) is 0. The van der Waals surface area contributed by atoms with Crippen LogP contribution in [0.25, 0.3) is 0 Å².